The van der Waals surface area contributed by atoms with Gasteiger partial charge in [-0.3, -0.25) is 4.79 Å². The number of ether oxygens (including phenoxy) is 2. The van der Waals surface area contributed by atoms with E-state index in [-0.39, 0.29) is 33.9 Å². The third kappa shape index (κ3) is 2.20. The Labute approximate surface area is 158 Å². The Morgan fingerprint density at radius 1 is 1.35 bits per heavy atom. The second-order valence-electron chi connectivity index (χ2n) is 10.8. The molecule has 2 saturated heterocycles. The van der Waals surface area contributed by atoms with Gasteiger partial charge in [0.2, 0.25) is 0 Å². The largest absolute Gasteiger partial charge is 0.416 e. The zero-order valence-electron chi connectivity index (χ0n) is 17.4. The zero-order chi connectivity index (χ0) is 19.2. The number of hydrogen-bond acceptors (Lipinski definition) is 4. The lowest BCUT2D eigenvalue weighted by atomic mass is 9.52. The Morgan fingerprint density at radius 3 is 2.65 bits per heavy atom. The van der Waals surface area contributed by atoms with Crippen LogP contribution in [-0.2, 0) is 18.7 Å². The van der Waals surface area contributed by atoms with E-state index in [0.29, 0.717) is 19.6 Å². The fourth-order valence-corrected chi connectivity index (χ4v) is 6.34. The average Bonchev–Trinajstić information content (AvgIpc) is 3.21. The summed E-state index contributed by atoms with van der Waals surface area (Å²) in [7, 11) is -1.89. The molecule has 0 radical (unpaired) electrons. The number of carbonyl (C=O) groups excluding carboxylic acids is 1. The van der Waals surface area contributed by atoms with Gasteiger partial charge in [0.25, 0.3) is 0 Å². The van der Waals surface area contributed by atoms with Gasteiger partial charge in [0, 0.05) is 23.9 Å². The predicted octanol–water partition coefficient (Wildman–Crippen LogP) is 4.25. The van der Waals surface area contributed by atoms with E-state index < -0.39 is 13.9 Å². The van der Waals surface area contributed by atoms with Gasteiger partial charge in [0.05, 0.1) is 12.7 Å². The van der Waals surface area contributed by atoms with Crippen LogP contribution in [0.5, 0.6) is 0 Å². The molecule has 1 saturated carbocycles. The fourth-order valence-electron chi connectivity index (χ4n) is 5.29. The first-order valence-corrected chi connectivity index (χ1v) is 12.9. The number of rotatable bonds is 3. The Kier molecular flexibility index (Phi) is 3.85. The molecule has 3 fully saturated rings. The molecule has 0 aromatic rings. The van der Waals surface area contributed by atoms with Crippen molar-refractivity contribution in [2.45, 2.75) is 89.8 Å². The summed E-state index contributed by atoms with van der Waals surface area (Å²) in [5, 5.41) is 0.164. The maximum absolute atomic E-state index is 12.6. The maximum Gasteiger partial charge on any atom is 0.192 e. The molecule has 1 spiro atoms. The average molecular weight is 379 g/mol. The number of carbonyl (C=O) groups is 1. The molecular weight excluding hydrogens is 344 g/mol. The third-order valence-electron chi connectivity index (χ3n) is 8.47. The summed E-state index contributed by atoms with van der Waals surface area (Å²) in [5.41, 5.74) is 0.595. The maximum atomic E-state index is 12.6. The lowest BCUT2D eigenvalue weighted by Crippen LogP contribution is -2.64. The van der Waals surface area contributed by atoms with Crippen LogP contribution in [0, 0.1) is 10.8 Å². The molecule has 0 N–H and O–H groups in total. The first-order chi connectivity index (χ1) is 11.9. The van der Waals surface area contributed by atoms with Crippen LogP contribution < -0.4 is 0 Å². The fraction of sp³-hybridized carbons (Fsp3) is 0.857. The lowest BCUT2D eigenvalue weighted by Gasteiger charge is -2.59. The summed E-state index contributed by atoms with van der Waals surface area (Å²) in [4.78, 5) is 12.6. The SMILES string of the molecule is CC1=C[C@@H]2OC[C@]34O[C@H]3C(=O)C[C@]4(C)[C@@]2(CO[Si](C)(C)C(C)(C)C)CC1. The van der Waals surface area contributed by atoms with Crippen LogP contribution in [0.1, 0.15) is 53.9 Å². The van der Waals surface area contributed by atoms with E-state index in [4.69, 9.17) is 13.9 Å². The van der Waals surface area contributed by atoms with Crippen LogP contribution >= 0.6 is 0 Å². The van der Waals surface area contributed by atoms with E-state index in [0.717, 1.165) is 12.8 Å². The molecule has 5 atom stereocenters. The van der Waals surface area contributed by atoms with Crippen molar-refractivity contribution in [3.8, 4) is 0 Å². The number of fused-ring (bicyclic) bond motifs is 2. The smallest absolute Gasteiger partial charge is 0.192 e. The molecule has 4 aliphatic rings. The van der Waals surface area contributed by atoms with Crippen molar-refractivity contribution in [2.75, 3.05) is 13.2 Å². The highest BCUT2D eigenvalue weighted by Crippen LogP contribution is 2.71. The van der Waals surface area contributed by atoms with Gasteiger partial charge < -0.3 is 13.9 Å². The number of ketones is 1. The number of hydrogen-bond donors (Lipinski definition) is 0. The minimum atomic E-state index is -1.89. The first-order valence-electron chi connectivity index (χ1n) is 10.0. The minimum absolute atomic E-state index is 0.0207. The van der Waals surface area contributed by atoms with Gasteiger partial charge in [-0.1, -0.05) is 39.3 Å². The van der Waals surface area contributed by atoms with E-state index in [1.807, 2.05) is 0 Å². The van der Waals surface area contributed by atoms with E-state index in [1.54, 1.807) is 0 Å². The molecule has 0 bridgehead atoms. The molecule has 2 aliphatic carbocycles. The van der Waals surface area contributed by atoms with Gasteiger partial charge in [0.15, 0.2) is 14.1 Å². The van der Waals surface area contributed by atoms with E-state index in [1.165, 1.54) is 5.57 Å². The molecule has 2 aliphatic heterocycles. The normalized spacial score (nSPS) is 44.9. The van der Waals surface area contributed by atoms with Crippen LogP contribution in [-0.4, -0.2) is 45.1 Å². The number of epoxide rings is 1. The highest BCUT2D eigenvalue weighted by atomic mass is 28.4. The molecule has 4 rings (SSSR count). The Morgan fingerprint density at radius 2 is 2.04 bits per heavy atom. The zero-order valence-corrected chi connectivity index (χ0v) is 18.4. The summed E-state index contributed by atoms with van der Waals surface area (Å²) in [6, 6.07) is 0. The highest BCUT2D eigenvalue weighted by molar-refractivity contribution is 6.74. The Bertz CT molecular complexity index is 678. The second kappa shape index (κ2) is 5.31. The molecule has 0 aromatic carbocycles. The van der Waals surface area contributed by atoms with Crippen LogP contribution in [0.15, 0.2) is 11.6 Å². The quantitative estimate of drug-likeness (QED) is 0.418. The van der Waals surface area contributed by atoms with Crippen LogP contribution in [0.2, 0.25) is 18.1 Å². The standard InChI is InChI=1S/C21H34O4Si/c1-14-8-9-20(12-24-26(6,7)18(2,3)4)16(10-14)23-13-21-17(25-21)15(22)11-19(20,21)5/h10,16-17H,8-9,11-13H2,1-7H3/t16-,17-,19+,20+,21-/m0/s1. The summed E-state index contributed by atoms with van der Waals surface area (Å²) in [5.74, 6) is 0.259. The van der Waals surface area contributed by atoms with Crippen molar-refractivity contribution in [3.05, 3.63) is 11.6 Å². The molecule has 2 heterocycles. The summed E-state index contributed by atoms with van der Waals surface area (Å²) in [6.07, 6.45) is 4.72. The van der Waals surface area contributed by atoms with Crippen molar-refractivity contribution in [1.82, 2.24) is 0 Å². The predicted molar refractivity (Wildman–Crippen MR) is 104 cm³/mol. The second-order valence-corrected chi connectivity index (χ2v) is 15.6. The minimum Gasteiger partial charge on any atom is -0.416 e. The van der Waals surface area contributed by atoms with Gasteiger partial charge in [-0.05, 0) is 37.9 Å². The number of allylic oxidation sites excluding steroid dienone is 1. The summed E-state index contributed by atoms with van der Waals surface area (Å²) < 4.78 is 19.1. The molecule has 0 aromatic heterocycles. The molecule has 0 amide bonds. The molecule has 5 heteroatoms. The van der Waals surface area contributed by atoms with E-state index in [2.05, 4.69) is 53.8 Å². The first kappa shape index (κ1) is 18.9. The molecule has 146 valence electrons. The van der Waals surface area contributed by atoms with E-state index >= 15 is 0 Å². The number of Topliss-reactive ketones (excluding diaryl/α,β-unsaturated/α-hetero) is 1. The molecular formula is C21H34O4Si. The van der Waals surface area contributed by atoms with Crippen molar-refractivity contribution in [2.24, 2.45) is 10.8 Å². The third-order valence-corrected chi connectivity index (χ3v) is 12.9. The van der Waals surface area contributed by atoms with Gasteiger partial charge >= 0.3 is 0 Å². The van der Waals surface area contributed by atoms with E-state index in [9.17, 15) is 4.79 Å². The monoisotopic (exact) mass is 378 g/mol. The van der Waals surface area contributed by atoms with Gasteiger partial charge in [-0.15, -0.1) is 0 Å². The van der Waals surface area contributed by atoms with Gasteiger partial charge in [0.1, 0.15) is 11.7 Å². The van der Waals surface area contributed by atoms with Crippen molar-refractivity contribution >= 4 is 14.1 Å². The highest BCUT2D eigenvalue weighted by Gasteiger charge is 2.83. The molecule has 26 heavy (non-hydrogen) atoms. The Hall–Kier alpha value is -0.493. The molecule has 0 unspecified atom stereocenters. The van der Waals surface area contributed by atoms with Crippen LogP contribution in [0.25, 0.3) is 0 Å². The summed E-state index contributed by atoms with van der Waals surface area (Å²) >= 11 is 0. The summed E-state index contributed by atoms with van der Waals surface area (Å²) in [6.45, 7) is 17.1. The van der Waals surface area contributed by atoms with Gasteiger partial charge in [-0.2, -0.15) is 0 Å². The van der Waals surface area contributed by atoms with Crippen molar-refractivity contribution in [3.63, 3.8) is 0 Å². The topological polar surface area (TPSA) is 48.1 Å². The van der Waals surface area contributed by atoms with Gasteiger partial charge in [-0.25, -0.2) is 0 Å². The van der Waals surface area contributed by atoms with Crippen LogP contribution in [0.3, 0.4) is 0 Å². The molecule has 4 nitrogen and oxygen atoms in total. The van der Waals surface area contributed by atoms with Crippen LogP contribution in [0.4, 0.5) is 0 Å². The Balaban J connectivity index is 1.72. The van der Waals surface area contributed by atoms with Crippen molar-refractivity contribution < 1.29 is 18.7 Å². The van der Waals surface area contributed by atoms with Crippen molar-refractivity contribution in [1.29, 1.82) is 0 Å². The lowest BCUT2D eigenvalue weighted by molar-refractivity contribution is -0.206.